The number of likely N-dealkylation sites (tertiary alicyclic amines) is 1. The van der Waals surface area contributed by atoms with E-state index in [9.17, 15) is 4.79 Å². The largest absolute Gasteiger partial charge is 0.332 e. The lowest BCUT2D eigenvalue weighted by molar-refractivity contribution is 0.0797. The van der Waals surface area contributed by atoms with Crippen molar-refractivity contribution in [1.82, 2.24) is 19.4 Å². The molecule has 0 aromatic carbocycles. The zero-order chi connectivity index (χ0) is 16.5. The summed E-state index contributed by atoms with van der Waals surface area (Å²) in [4.78, 5) is 25.7. The van der Waals surface area contributed by atoms with Crippen molar-refractivity contribution in [3.05, 3.63) is 33.8 Å². The lowest BCUT2D eigenvalue weighted by Gasteiger charge is -2.31. The fraction of sp³-hybridized carbons (Fsp3) is 0.611. The Morgan fingerprint density at radius 3 is 3.00 bits per heavy atom. The Labute approximate surface area is 146 Å². The summed E-state index contributed by atoms with van der Waals surface area (Å²) in [5, 5.41) is 1.23. The number of ketones is 1. The van der Waals surface area contributed by atoms with Gasteiger partial charge in [0.05, 0.1) is 12.2 Å². The molecule has 0 radical (unpaired) electrons. The van der Waals surface area contributed by atoms with Crippen molar-refractivity contribution in [1.29, 1.82) is 0 Å². The average Bonchev–Trinajstić information content (AvgIpc) is 3.19. The van der Waals surface area contributed by atoms with Crippen LogP contribution in [0.4, 0.5) is 0 Å². The van der Waals surface area contributed by atoms with Crippen molar-refractivity contribution >= 4 is 17.1 Å². The molecule has 2 aromatic rings. The first-order valence-electron chi connectivity index (χ1n) is 8.92. The molecule has 6 heteroatoms. The summed E-state index contributed by atoms with van der Waals surface area (Å²) in [6.45, 7) is 2.78. The molecule has 24 heavy (non-hydrogen) atoms. The highest BCUT2D eigenvalue weighted by Gasteiger charge is 2.29. The molecular weight excluding hydrogens is 320 g/mol. The van der Waals surface area contributed by atoms with E-state index in [2.05, 4.69) is 9.88 Å². The molecule has 1 aliphatic heterocycles. The van der Waals surface area contributed by atoms with E-state index in [1.165, 1.54) is 34.8 Å². The van der Waals surface area contributed by atoms with E-state index in [4.69, 9.17) is 4.98 Å². The summed E-state index contributed by atoms with van der Waals surface area (Å²) in [5.74, 6) is 0.839. The van der Waals surface area contributed by atoms with Crippen LogP contribution in [0.15, 0.2) is 12.4 Å². The van der Waals surface area contributed by atoms with Crippen LogP contribution in [0.2, 0.25) is 0 Å². The molecule has 1 atom stereocenters. The van der Waals surface area contributed by atoms with E-state index in [1.54, 1.807) is 6.20 Å². The Kier molecular flexibility index (Phi) is 4.50. The maximum Gasteiger partial charge on any atom is 0.202 e. The number of fused-ring (bicyclic) bond motifs is 1. The van der Waals surface area contributed by atoms with Crippen molar-refractivity contribution in [3.8, 4) is 0 Å². The number of rotatable bonds is 4. The van der Waals surface area contributed by atoms with Crippen molar-refractivity contribution in [2.45, 2.75) is 45.1 Å². The summed E-state index contributed by atoms with van der Waals surface area (Å²) >= 11 is 1.88. The first-order valence-corrected chi connectivity index (χ1v) is 9.73. The zero-order valence-electron chi connectivity index (χ0n) is 14.2. The van der Waals surface area contributed by atoms with E-state index < -0.39 is 0 Å². The molecule has 4 rings (SSSR count). The smallest absolute Gasteiger partial charge is 0.202 e. The van der Waals surface area contributed by atoms with Gasteiger partial charge in [-0.05, 0) is 45.1 Å². The summed E-state index contributed by atoms with van der Waals surface area (Å²) in [7, 11) is 1.89. The number of carbonyl (C=O) groups is 1. The van der Waals surface area contributed by atoms with E-state index in [0.717, 1.165) is 38.9 Å². The van der Waals surface area contributed by atoms with Gasteiger partial charge >= 0.3 is 0 Å². The standard InChI is InChI=1S/C18H24N4OS/c1-21-10-8-19-18(21)17(23)13-5-4-9-22(11-13)12-16-20-14-6-2-3-7-15(14)24-16/h8,10,13H,2-7,9,11-12H2,1H3. The van der Waals surface area contributed by atoms with Gasteiger partial charge in [-0.15, -0.1) is 11.3 Å². The monoisotopic (exact) mass is 344 g/mol. The Morgan fingerprint density at radius 1 is 1.33 bits per heavy atom. The molecule has 3 heterocycles. The van der Waals surface area contributed by atoms with Gasteiger partial charge in [0.15, 0.2) is 5.82 Å². The van der Waals surface area contributed by atoms with Crippen molar-refractivity contribution in [2.24, 2.45) is 13.0 Å². The predicted octanol–water partition coefficient (Wildman–Crippen LogP) is 2.85. The SMILES string of the molecule is Cn1ccnc1C(=O)C1CCCN(Cc2nc3c(s2)CCCC3)C1. The molecule has 0 amide bonds. The van der Waals surface area contributed by atoms with Crippen LogP contribution >= 0.6 is 11.3 Å². The number of hydrogen-bond acceptors (Lipinski definition) is 5. The van der Waals surface area contributed by atoms with Crippen molar-refractivity contribution < 1.29 is 4.79 Å². The van der Waals surface area contributed by atoms with E-state index in [1.807, 2.05) is 29.1 Å². The molecule has 1 fully saturated rings. The first kappa shape index (κ1) is 16.0. The molecule has 2 aliphatic rings. The van der Waals surface area contributed by atoms with Crippen LogP contribution in [0.3, 0.4) is 0 Å². The van der Waals surface area contributed by atoms with Crippen LogP contribution in [0, 0.1) is 5.92 Å². The van der Waals surface area contributed by atoms with Crippen LogP contribution in [-0.4, -0.2) is 38.3 Å². The van der Waals surface area contributed by atoms with Crippen LogP contribution in [0.1, 0.15) is 51.9 Å². The Bertz CT molecular complexity index is 712. The Morgan fingerprint density at radius 2 is 2.21 bits per heavy atom. The number of imidazole rings is 1. The number of hydrogen-bond donors (Lipinski definition) is 0. The molecule has 5 nitrogen and oxygen atoms in total. The van der Waals surface area contributed by atoms with Gasteiger partial charge in [0.25, 0.3) is 0 Å². The molecule has 0 N–H and O–H groups in total. The van der Waals surface area contributed by atoms with E-state index in [0.29, 0.717) is 5.82 Å². The normalized spacial score (nSPS) is 21.6. The van der Waals surface area contributed by atoms with Crippen LogP contribution in [-0.2, 0) is 26.4 Å². The van der Waals surface area contributed by atoms with E-state index >= 15 is 0 Å². The second-order valence-corrected chi connectivity index (χ2v) is 8.15. The van der Waals surface area contributed by atoms with Gasteiger partial charge in [-0.1, -0.05) is 0 Å². The van der Waals surface area contributed by atoms with Gasteiger partial charge in [-0.25, -0.2) is 9.97 Å². The van der Waals surface area contributed by atoms with E-state index in [-0.39, 0.29) is 11.7 Å². The van der Waals surface area contributed by atoms with Gasteiger partial charge in [0.1, 0.15) is 5.01 Å². The Balaban J connectivity index is 1.42. The Hall–Kier alpha value is -1.53. The lowest BCUT2D eigenvalue weighted by Crippen LogP contribution is -2.38. The van der Waals surface area contributed by atoms with Gasteiger partial charge in [0, 0.05) is 36.8 Å². The fourth-order valence-electron chi connectivity index (χ4n) is 3.86. The minimum absolute atomic E-state index is 0.0643. The van der Waals surface area contributed by atoms with Gasteiger partial charge < -0.3 is 4.57 Å². The number of thiazole rings is 1. The predicted molar refractivity (Wildman–Crippen MR) is 94.3 cm³/mol. The number of nitrogens with zero attached hydrogens (tertiary/aromatic N) is 4. The van der Waals surface area contributed by atoms with Gasteiger partial charge in [0.2, 0.25) is 5.78 Å². The third kappa shape index (κ3) is 3.17. The highest BCUT2D eigenvalue weighted by molar-refractivity contribution is 7.11. The van der Waals surface area contributed by atoms with Crippen LogP contribution < -0.4 is 0 Å². The molecule has 0 bridgehead atoms. The lowest BCUT2D eigenvalue weighted by atomic mass is 9.93. The summed E-state index contributed by atoms with van der Waals surface area (Å²) in [6.07, 6.45) is 10.5. The molecule has 1 unspecified atom stereocenters. The van der Waals surface area contributed by atoms with Crippen molar-refractivity contribution in [2.75, 3.05) is 13.1 Å². The molecule has 1 saturated heterocycles. The molecule has 128 valence electrons. The average molecular weight is 344 g/mol. The zero-order valence-corrected chi connectivity index (χ0v) is 15.0. The summed E-state index contributed by atoms with van der Waals surface area (Å²) in [5.41, 5.74) is 1.33. The number of carbonyl (C=O) groups excluding carboxylic acids is 1. The topological polar surface area (TPSA) is 51.0 Å². The first-order chi connectivity index (χ1) is 11.7. The second kappa shape index (κ2) is 6.76. The second-order valence-electron chi connectivity index (χ2n) is 6.98. The third-order valence-corrected chi connectivity index (χ3v) is 6.31. The van der Waals surface area contributed by atoms with Gasteiger partial charge in [-0.2, -0.15) is 0 Å². The quantitative estimate of drug-likeness (QED) is 0.800. The molecule has 0 saturated carbocycles. The molecule has 0 spiro atoms. The molecule has 1 aliphatic carbocycles. The molecule has 2 aromatic heterocycles. The highest BCUT2D eigenvalue weighted by atomic mass is 32.1. The number of piperidine rings is 1. The number of Topliss-reactive ketones (excluding diaryl/α,β-unsaturated/α-hetero) is 1. The maximum atomic E-state index is 12.7. The van der Waals surface area contributed by atoms with Crippen LogP contribution in [0.5, 0.6) is 0 Å². The van der Waals surface area contributed by atoms with Crippen LogP contribution in [0.25, 0.3) is 0 Å². The molecular formula is C18H24N4OS. The minimum atomic E-state index is 0.0643. The minimum Gasteiger partial charge on any atom is -0.332 e. The third-order valence-electron chi connectivity index (χ3n) is 5.17. The number of aryl methyl sites for hydroxylation is 3. The number of aromatic nitrogens is 3. The summed E-state index contributed by atoms with van der Waals surface area (Å²) in [6, 6.07) is 0. The summed E-state index contributed by atoms with van der Waals surface area (Å²) < 4.78 is 1.83. The van der Waals surface area contributed by atoms with Crippen molar-refractivity contribution in [3.63, 3.8) is 0 Å². The highest BCUT2D eigenvalue weighted by Crippen LogP contribution is 2.28. The fourth-order valence-corrected chi connectivity index (χ4v) is 5.06. The van der Waals surface area contributed by atoms with Gasteiger partial charge in [-0.3, -0.25) is 9.69 Å². The maximum absolute atomic E-state index is 12.7.